The zero-order chi connectivity index (χ0) is 50.7. The maximum absolute atomic E-state index is 12.5. The lowest BCUT2D eigenvalue weighted by Crippen LogP contribution is -2.45. The molecule has 0 heterocycles. The van der Waals surface area contributed by atoms with E-state index < -0.39 is 12.1 Å². The number of hydrogen-bond donors (Lipinski definition) is 3. The molecule has 0 aliphatic rings. The summed E-state index contributed by atoms with van der Waals surface area (Å²) >= 11 is 0. The molecule has 0 bridgehead atoms. The van der Waals surface area contributed by atoms with Crippen molar-refractivity contribution in [2.45, 2.75) is 386 Å². The molecule has 2 unspecified atom stereocenters. The molecule has 0 aromatic rings. The van der Waals surface area contributed by atoms with Crippen LogP contribution in [0.3, 0.4) is 0 Å². The molecule has 0 aliphatic carbocycles. The maximum atomic E-state index is 12.5. The first kappa shape index (κ1) is 68.9. The van der Waals surface area contributed by atoms with E-state index in [2.05, 4.69) is 19.2 Å². The average Bonchev–Trinajstić information content (AvgIpc) is 3.36. The molecule has 0 radical (unpaired) electrons. The van der Waals surface area contributed by atoms with Crippen molar-refractivity contribution in [2.24, 2.45) is 0 Å². The van der Waals surface area contributed by atoms with Crippen LogP contribution in [0.1, 0.15) is 373 Å². The lowest BCUT2D eigenvalue weighted by atomic mass is 10.0. The fourth-order valence-electron chi connectivity index (χ4n) is 10.5. The minimum absolute atomic E-state index is 0.00947. The number of amides is 1. The first-order chi connectivity index (χ1) is 34.5. The SMILES string of the molecule is CCCCCCCCCCCCCCCCCCCCCCCCCC(O)C(CO)NC(=O)CCCCCCCCCCCCCCCCCCCCOC(=O)CCCCCCCCCCCCCC. The molecule has 0 aromatic carbocycles. The van der Waals surface area contributed by atoms with Gasteiger partial charge in [-0.3, -0.25) is 9.59 Å². The summed E-state index contributed by atoms with van der Waals surface area (Å²) in [6, 6.07) is -0.544. The van der Waals surface area contributed by atoms with Gasteiger partial charge >= 0.3 is 5.97 Å². The summed E-state index contributed by atoms with van der Waals surface area (Å²) in [6.07, 6.45) is 71.2. The van der Waals surface area contributed by atoms with E-state index in [9.17, 15) is 19.8 Å². The maximum Gasteiger partial charge on any atom is 0.305 e. The van der Waals surface area contributed by atoms with Gasteiger partial charge in [0.05, 0.1) is 25.4 Å². The summed E-state index contributed by atoms with van der Waals surface area (Å²) in [5.74, 6) is -0.0243. The van der Waals surface area contributed by atoms with Crippen LogP contribution in [0.15, 0.2) is 0 Å². The Morgan fingerprint density at radius 3 is 0.871 bits per heavy atom. The van der Waals surface area contributed by atoms with Gasteiger partial charge in [0.15, 0.2) is 0 Å². The summed E-state index contributed by atoms with van der Waals surface area (Å²) in [6.45, 7) is 4.98. The van der Waals surface area contributed by atoms with Crippen LogP contribution >= 0.6 is 0 Å². The second-order valence-corrected chi connectivity index (χ2v) is 22.5. The van der Waals surface area contributed by atoms with Crippen LogP contribution in [-0.4, -0.2) is 47.4 Å². The summed E-state index contributed by atoms with van der Waals surface area (Å²) < 4.78 is 5.47. The van der Waals surface area contributed by atoms with Crippen molar-refractivity contribution in [1.82, 2.24) is 5.32 Å². The van der Waals surface area contributed by atoms with Gasteiger partial charge in [0.1, 0.15) is 0 Å². The molecule has 0 saturated heterocycles. The smallest absolute Gasteiger partial charge is 0.305 e. The predicted molar refractivity (Wildman–Crippen MR) is 306 cm³/mol. The minimum atomic E-state index is -0.667. The number of hydrogen-bond acceptors (Lipinski definition) is 5. The molecule has 6 nitrogen and oxygen atoms in total. The Balaban J connectivity index is 3.40. The van der Waals surface area contributed by atoms with Gasteiger partial charge in [0.25, 0.3) is 0 Å². The monoisotopic (exact) mass is 990 g/mol. The van der Waals surface area contributed by atoms with Crippen molar-refractivity contribution < 1.29 is 24.5 Å². The van der Waals surface area contributed by atoms with E-state index in [4.69, 9.17) is 4.74 Å². The lowest BCUT2D eigenvalue weighted by molar-refractivity contribution is -0.143. The van der Waals surface area contributed by atoms with Gasteiger partial charge in [-0.25, -0.2) is 0 Å². The zero-order valence-electron chi connectivity index (χ0n) is 47.8. The van der Waals surface area contributed by atoms with Crippen LogP contribution in [0.2, 0.25) is 0 Å². The van der Waals surface area contributed by atoms with Gasteiger partial charge in [0, 0.05) is 12.8 Å². The molecule has 0 spiro atoms. The number of nitrogens with one attached hydrogen (secondary N) is 1. The van der Waals surface area contributed by atoms with E-state index >= 15 is 0 Å². The van der Waals surface area contributed by atoms with Crippen LogP contribution in [0.5, 0.6) is 0 Å². The third-order valence-corrected chi connectivity index (χ3v) is 15.4. The van der Waals surface area contributed by atoms with Crippen LogP contribution in [0.25, 0.3) is 0 Å². The Kier molecular flexibility index (Phi) is 59.4. The summed E-state index contributed by atoms with van der Waals surface area (Å²) in [4.78, 5) is 24.6. The number of carbonyl (C=O) groups excluding carboxylic acids is 2. The quantitative estimate of drug-likeness (QED) is 0.0417. The Labute approximate surface area is 438 Å². The molecule has 0 saturated carbocycles. The predicted octanol–water partition coefficient (Wildman–Crippen LogP) is 20.3. The number of rotatable bonds is 61. The van der Waals surface area contributed by atoms with Gasteiger partial charge in [-0.1, -0.05) is 335 Å². The first-order valence-corrected chi connectivity index (χ1v) is 32.3. The summed E-state index contributed by atoms with van der Waals surface area (Å²) in [5, 5.41) is 23.4. The molecule has 3 N–H and O–H groups in total. The molecule has 6 heteroatoms. The van der Waals surface area contributed by atoms with Crippen LogP contribution in [0, 0.1) is 0 Å². The molecule has 0 fully saturated rings. The number of ether oxygens (including phenoxy) is 1. The largest absolute Gasteiger partial charge is 0.466 e. The Hall–Kier alpha value is -1.14. The number of unbranched alkanes of at least 4 members (excludes halogenated alkanes) is 50. The van der Waals surface area contributed by atoms with E-state index in [0.29, 0.717) is 25.9 Å². The van der Waals surface area contributed by atoms with E-state index in [1.165, 1.54) is 302 Å². The first-order valence-electron chi connectivity index (χ1n) is 32.3. The van der Waals surface area contributed by atoms with Gasteiger partial charge in [0.2, 0.25) is 5.91 Å². The van der Waals surface area contributed by atoms with E-state index in [0.717, 1.165) is 38.5 Å². The van der Waals surface area contributed by atoms with Crippen molar-refractivity contribution in [3.63, 3.8) is 0 Å². The molecule has 0 aliphatic heterocycles. The molecule has 418 valence electrons. The normalized spacial score (nSPS) is 12.5. The molecule has 0 rings (SSSR count). The molecule has 1 amide bonds. The van der Waals surface area contributed by atoms with E-state index in [1.807, 2.05) is 0 Å². The standard InChI is InChI=1S/C64H127NO5/c1-3-5-7-9-11-13-15-17-18-19-20-21-22-23-24-27-30-33-36-40-44-48-52-56-62(67)61(60-66)65-63(68)57-53-49-45-41-37-34-31-28-25-26-29-32-35-39-43-47-51-55-59-70-64(69)58-54-50-46-42-38-16-14-12-10-8-6-4-2/h61-62,66-67H,3-60H2,1-2H3,(H,65,68). The van der Waals surface area contributed by atoms with Gasteiger partial charge in [-0.05, 0) is 25.7 Å². The lowest BCUT2D eigenvalue weighted by Gasteiger charge is -2.22. The molecular formula is C64H127NO5. The highest BCUT2D eigenvalue weighted by atomic mass is 16.5. The second kappa shape index (κ2) is 60.4. The highest BCUT2D eigenvalue weighted by molar-refractivity contribution is 5.76. The van der Waals surface area contributed by atoms with Gasteiger partial charge in [-0.15, -0.1) is 0 Å². The number of esters is 1. The number of aliphatic hydroxyl groups is 2. The van der Waals surface area contributed by atoms with Crippen molar-refractivity contribution in [1.29, 1.82) is 0 Å². The molecule has 2 atom stereocenters. The van der Waals surface area contributed by atoms with Gasteiger partial charge < -0.3 is 20.3 Å². The Morgan fingerprint density at radius 1 is 0.343 bits per heavy atom. The fourth-order valence-corrected chi connectivity index (χ4v) is 10.5. The zero-order valence-corrected chi connectivity index (χ0v) is 47.8. The highest BCUT2D eigenvalue weighted by Gasteiger charge is 2.20. The minimum Gasteiger partial charge on any atom is -0.466 e. The summed E-state index contributed by atoms with van der Waals surface area (Å²) in [7, 11) is 0. The van der Waals surface area contributed by atoms with Crippen LogP contribution in [0.4, 0.5) is 0 Å². The van der Waals surface area contributed by atoms with E-state index in [-0.39, 0.29) is 18.5 Å². The molecular weight excluding hydrogens is 863 g/mol. The topological polar surface area (TPSA) is 95.9 Å². The van der Waals surface area contributed by atoms with Crippen molar-refractivity contribution in [2.75, 3.05) is 13.2 Å². The van der Waals surface area contributed by atoms with Crippen molar-refractivity contribution in [3.05, 3.63) is 0 Å². The second-order valence-electron chi connectivity index (χ2n) is 22.5. The van der Waals surface area contributed by atoms with Crippen LogP contribution in [-0.2, 0) is 14.3 Å². The number of aliphatic hydroxyl groups excluding tert-OH is 2. The molecule has 0 aromatic heterocycles. The van der Waals surface area contributed by atoms with Gasteiger partial charge in [-0.2, -0.15) is 0 Å². The summed E-state index contributed by atoms with van der Waals surface area (Å²) in [5.41, 5.74) is 0. The van der Waals surface area contributed by atoms with Crippen LogP contribution < -0.4 is 5.32 Å². The fraction of sp³-hybridized carbons (Fsp3) is 0.969. The third kappa shape index (κ3) is 56.2. The Morgan fingerprint density at radius 2 is 0.586 bits per heavy atom. The number of carbonyl (C=O) groups is 2. The van der Waals surface area contributed by atoms with Crippen molar-refractivity contribution in [3.8, 4) is 0 Å². The molecule has 70 heavy (non-hydrogen) atoms. The third-order valence-electron chi connectivity index (χ3n) is 15.4. The Bertz CT molecular complexity index is 1010. The van der Waals surface area contributed by atoms with Crippen molar-refractivity contribution >= 4 is 11.9 Å². The van der Waals surface area contributed by atoms with E-state index in [1.54, 1.807) is 0 Å². The highest BCUT2D eigenvalue weighted by Crippen LogP contribution is 2.19. The average molecular weight is 991 g/mol.